The molecule has 1 heterocycles. The summed E-state index contributed by atoms with van der Waals surface area (Å²) in [6.45, 7) is 18.0. The van der Waals surface area contributed by atoms with Crippen LogP contribution in [0.2, 0.25) is 0 Å². The molecule has 0 radical (unpaired) electrons. The SMILES string of the molecule is CCCCCC(C)(C)CN1CC(CCC)NCC1C(C)C. The average Bonchev–Trinajstić information content (AvgIpc) is 2.38. The van der Waals surface area contributed by atoms with Crippen molar-refractivity contribution in [2.45, 2.75) is 92.2 Å². The second kappa shape index (κ2) is 9.15. The van der Waals surface area contributed by atoms with Crippen LogP contribution >= 0.6 is 0 Å². The minimum atomic E-state index is 0.455. The predicted octanol–water partition coefficient (Wildman–Crippen LogP) is 4.69. The van der Waals surface area contributed by atoms with Crippen LogP contribution in [0.15, 0.2) is 0 Å². The zero-order chi connectivity index (χ0) is 15.9. The number of piperazine rings is 1. The minimum Gasteiger partial charge on any atom is -0.311 e. The Morgan fingerprint density at radius 3 is 2.43 bits per heavy atom. The predicted molar refractivity (Wildman–Crippen MR) is 94.8 cm³/mol. The molecule has 1 aliphatic rings. The van der Waals surface area contributed by atoms with Crippen LogP contribution in [-0.2, 0) is 0 Å². The molecule has 1 N–H and O–H groups in total. The molecule has 2 unspecified atom stereocenters. The first-order valence-electron chi connectivity index (χ1n) is 9.37. The molecule has 0 saturated carbocycles. The van der Waals surface area contributed by atoms with Crippen LogP contribution < -0.4 is 5.32 Å². The van der Waals surface area contributed by atoms with Gasteiger partial charge in [0.05, 0.1) is 0 Å². The zero-order valence-corrected chi connectivity index (χ0v) is 15.5. The molecular weight excluding hydrogens is 256 g/mol. The van der Waals surface area contributed by atoms with Crippen molar-refractivity contribution < 1.29 is 0 Å². The fraction of sp³-hybridized carbons (Fsp3) is 1.00. The zero-order valence-electron chi connectivity index (χ0n) is 15.5. The molecule has 0 aromatic carbocycles. The van der Waals surface area contributed by atoms with Crippen molar-refractivity contribution in [2.75, 3.05) is 19.6 Å². The molecule has 1 rings (SSSR count). The lowest BCUT2D eigenvalue weighted by molar-refractivity contribution is 0.0549. The third-order valence-corrected chi connectivity index (χ3v) is 5.03. The van der Waals surface area contributed by atoms with Crippen LogP contribution in [0.5, 0.6) is 0 Å². The maximum atomic E-state index is 3.78. The normalized spacial score (nSPS) is 24.7. The van der Waals surface area contributed by atoms with Gasteiger partial charge in [0.15, 0.2) is 0 Å². The topological polar surface area (TPSA) is 15.3 Å². The Balaban J connectivity index is 2.59. The summed E-state index contributed by atoms with van der Waals surface area (Å²) in [6.07, 6.45) is 8.08. The number of unbranched alkanes of at least 4 members (excludes halogenated alkanes) is 2. The van der Waals surface area contributed by atoms with E-state index in [-0.39, 0.29) is 0 Å². The number of hydrogen-bond donors (Lipinski definition) is 1. The first kappa shape index (κ1) is 19.0. The molecule has 2 heteroatoms. The summed E-state index contributed by atoms with van der Waals surface area (Å²) >= 11 is 0. The fourth-order valence-electron chi connectivity index (χ4n) is 3.76. The summed E-state index contributed by atoms with van der Waals surface area (Å²) in [4.78, 5) is 2.80. The van der Waals surface area contributed by atoms with E-state index in [0.29, 0.717) is 17.5 Å². The molecule has 0 amide bonds. The Bertz CT molecular complexity index is 273. The lowest BCUT2D eigenvalue weighted by Crippen LogP contribution is -2.59. The Morgan fingerprint density at radius 2 is 1.86 bits per heavy atom. The summed E-state index contributed by atoms with van der Waals surface area (Å²) in [6, 6.07) is 1.42. The third-order valence-electron chi connectivity index (χ3n) is 5.03. The molecule has 0 aromatic heterocycles. The van der Waals surface area contributed by atoms with Crippen LogP contribution in [0.1, 0.15) is 80.1 Å². The van der Waals surface area contributed by atoms with Crippen LogP contribution in [0.3, 0.4) is 0 Å². The minimum absolute atomic E-state index is 0.455. The van der Waals surface area contributed by atoms with Crippen molar-refractivity contribution in [2.24, 2.45) is 11.3 Å². The second-order valence-electron chi connectivity index (χ2n) is 8.26. The van der Waals surface area contributed by atoms with E-state index in [2.05, 4.69) is 51.8 Å². The van der Waals surface area contributed by atoms with Gasteiger partial charge in [0.25, 0.3) is 0 Å². The maximum Gasteiger partial charge on any atom is 0.0244 e. The fourth-order valence-corrected chi connectivity index (χ4v) is 3.76. The molecule has 21 heavy (non-hydrogen) atoms. The van der Waals surface area contributed by atoms with Gasteiger partial charge in [0.1, 0.15) is 0 Å². The Hall–Kier alpha value is -0.0800. The van der Waals surface area contributed by atoms with Crippen LogP contribution in [0, 0.1) is 11.3 Å². The van der Waals surface area contributed by atoms with E-state index < -0.39 is 0 Å². The molecule has 0 aromatic rings. The van der Waals surface area contributed by atoms with Gasteiger partial charge in [0, 0.05) is 31.7 Å². The van der Waals surface area contributed by atoms with Crippen molar-refractivity contribution in [3.63, 3.8) is 0 Å². The number of rotatable bonds is 9. The summed E-state index contributed by atoms with van der Waals surface area (Å²) in [5.41, 5.74) is 0.455. The number of nitrogens with one attached hydrogen (secondary N) is 1. The van der Waals surface area contributed by atoms with Crippen molar-refractivity contribution in [1.82, 2.24) is 10.2 Å². The van der Waals surface area contributed by atoms with E-state index in [0.717, 1.165) is 5.92 Å². The largest absolute Gasteiger partial charge is 0.311 e. The van der Waals surface area contributed by atoms with Gasteiger partial charge >= 0.3 is 0 Å². The van der Waals surface area contributed by atoms with Gasteiger partial charge < -0.3 is 5.32 Å². The third kappa shape index (κ3) is 6.69. The highest BCUT2D eigenvalue weighted by Crippen LogP contribution is 2.28. The molecular formula is C19H40N2. The first-order chi connectivity index (χ1) is 9.89. The quantitative estimate of drug-likeness (QED) is 0.621. The van der Waals surface area contributed by atoms with Crippen molar-refractivity contribution in [3.8, 4) is 0 Å². The standard InChI is InChI=1S/C19H40N2/c1-7-9-10-12-19(5,6)15-21-14-17(11-8-2)20-13-18(21)16(3)4/h16-18,20H,7-15H2,1-6H3. The summed E-state index contributed by atoms with van der Waals surface area (Å²) in [7, 11) is 0. The lowest BCUT2D eigenvalue weighted by atomic mass is 9.84. The van der Waals surface area contributed by atoms with Crippen molar-refractivity contribution >= 4 is 0 Å². The average molecular weight is 297 g/mol. The van der Waals surface area contributed by atoms with E-state index in [1.807, 2.05) is 0 Å². The summed E-state index contributed by atoms with van der Waals surface area (Å²) in [5.74, 6) is 0.742. The van der Waals surface area contributed by atoms with Gasteiger partial charge in [-0.3, -0.25) is 4.90 Å². The van der Waals surface area contributed by atoms with E-state index in [1.165, 1.54) is 58.2 Å². The van der Waals surface area contributed by atoms with Crippen LogP contribution in [-0.4, -0.2) is 36.6 Å². The van der Waals surface area contributed by atoms with E-state index in [4.69, 9.17) is 0 Å². The molecule has 0 bridgehead atoms. The van der Waals surface area contributed by atoms with E-state index in [9.17, 15) is 0 Å². The number of hydrogen-bond acceptors (Lipinski definition) is 2. The van der Waals surface area contributed by atoms with Gasteiger partial charge in [-0.25, -0.2) is 0 Å². The van der Waals surface area contributed by atoms with E-state index in [1.54, 1.807) is 0 Å². The second-order valence-corrected chi connectivity index (χ2v) is 8.26. The highest BCUT2D eigenvalue weighted by Gasteiger charge is 2.32. The van der Waals surface area contributed by atoms with Crippen molar-refractivity contribution in [1.29, 1.82) is 0 Å². The Kier molecular flexibility index (Phi) is 8.26. The lowest BCUT2D eigenvalue weighted by Gasteiger charge is -2.45. The molecule has 1 fully saturated rings. The molecule has 0 spiro atoms. The van der Waals surface area contributed by atoms with E-state index >= 15 is 0 Å². The van der Waals surface area contributed by atoms with Crippen LogP contribution in [0.25, 0.3) is 0 Å². The summed E-state index contributed by atoms with van der Waals surface area (Å²) < 4.78 is 0. The monoisotopic (exact) mass is 296 g/mol. The smallest absolute Gasteiger partial charge is 0.0244 e. The highest BCUT2D eigenvalue weighted by atomic mass is 15.2. The molecule has 2 atom stereocenters. The van der Waals surface area contributed by atoms with Crippen molar-refractivity contribution in [3.05, 3.63) is 0 Å². The van der Waals surface area contributed by atoms with Crippen LogP contribution in [0.4, 0.5) is 0 Å². The molecule has 1 aliphatic heterocycles. The van der Waals surface area contributed by atoms with Gasteiger partial charge in [0.2, 0.25) is 0 Å². The summed E-state index contributed by atoms with van der Waals surface area (Å²) in [5, 5.41) is 3.78. The first-order valence-corrected chi connectivity index (χ1v) is 9.37. The molecule has 2 nitrogen and oxygen atoms in total. The number of nitrogens with zero attached hydrogens (tertiary/aromatic N) is 1. The molecule has 0 aliphatic carbocycles. The van der Waals surface area contributed by atoms with Gasteiger partial charge in [-0.2, -0.15) is 0 Å². The Labute approximate surface area is 134 Å². The molecule has 1 saturated heterocycles. The molecule has 126 valence electrons. The van der Waals surface area contributed by atoms with Gasteiger partial charge in [-0.15, -0.1) is 0 Å². The maximum absolute atomic E-state index is 3.78. The highest BCUT2D eigenvalue weighted by molar-refractivity contribution is 4.90. The van der Waals surface area contributed by atoms with Gasteiger partial charge in [-0.1, -0.05) is 67.2 Å². The Morgan fingerprint density at radius 1 is 1.14 bits per heavy atom. The van der Waals surface area contributed by atoms with Gasteiger partial charge in [-0.05, 0) is 24.2 Å².